The van der Waals surface area contributed by atoms with Crippen LogP contribution >= 0.6 is 0 Å². The second-order valence-electron chi connectivity index (χ2n) is 5.53. The van der Waals surface area contributed by atoms with E-state index < -0.39 is 6.61 Å². The number of carbonyl (C=O) groups excluding carboxylic acids is 1. The molecule has 27 heavy (non-hydrogen) atoms. The first-order valence-electron chi connectivity index (χ1n) is 7.95. The summed E-state index contributed by atoms with van der Waals surface area (Å²) in [6.45, 7) is -2.91. The minimum absolute atomic E-state index is 0.00656. The van der Waals surface area contributed by atoms with Gasteiger partial charge in [-0.2, -0.15) is 8.78 Å². The van der Waals surface area contributed by atoms with Crippen molar-refractivity contribution in [2.75, 3.05) is 12.4 Å². The summed E-state index contributed by atoms with van der Waals surface area (Å²) in [4.78, 5) is 16.1. The summed E-state index contributed by atoms with van der Waals surface area (Å²) < 4.78 is 39.5. The zero-order valence-electron chi connectivity index (χ0n) is 14.3. The van der Waals surface area contributed by atoms with Crippen LogP contribution in [0.1, 0.15) is 5.56 Å². The number of nitrogens with one attached hydrogen (secondary N) is 1. The van der Waals surface area contributed by atoms with Crippen LogP contribution in [0.5, 0.6) is 11.5 Å². The highest BCUT2D eigenvalue weighted by Gasteiger charge is 2.12. The van der Waals surface area contributed by atoms with Gasteiger partial charge in [-0.15, -0.1) is 0 Å². The minimum Gasteiger partial charge on any atom is -0.496 e. The number of methoxy groups -OCH3 is 1. The fourth-order valence-corrected chi connectivity index (χ4v) is 2.54. The zero-order chi connectivity index (χ0) is 19.2. The number of halogens is 2. The van der Waals surface area contributed by atoms with Gasteiger partial charge in [0.25, 0.3) is 0 Å². The molecule has 0 atom stereocenters. The van der Waals surface area contributed by atoms with Crippen molar-refractivity contribution < 1.29 is 27.5 Å². The molecular weight excluding hydrogens is 358 g/mol. The van der Waals surface area contributed by atoms with Crippen LogP contribution in [0.4, 0.5) is 14.5 Å². The van der Waals surface area contributed by atoms with Crippen LogP contribution in [-0.2, 0) is 11.2 Å². The maximum absolute atomic E-state index is 12.3. The predicted molar refractivity (Wildman–Crippen MR) is 93.9 cm³/mol. The molecule has 0 unspecified atom stereocenters. The van der Waals surface area contributed by atoms with Crippen molar-refractivity contribution in [3.05, 3.63) is 60.6 Å². The molecule has 3 aromatic rings. The van der Waals surface area contributed by atoms with Crippen molar-refractivity contribution in [1.82, 2.24) is 4.98 Å². The summed E-state index contributed by atoms with van der Waals surface area (Å²) in [5, 5.41) is 2.74. The van der Waals surface area contributed by atoms with Crippen LogP contribution in [-0.4, -0.2) is 24.6 Å². The Morgan fingerprint density at radius 3 is 2.81 bits per heavy atom. The Morgan fingerprint density at radius 2 is 2.11 bits per heavy atom. The summed E-state index contributed by atoms with van der Waals surface area (Å²) >= 11 is 0. The molecule has 1 aromatic heterocycles. The van der Waals surface area contributed by atoms with E-state index in [4.69, 9.17) is 9.15 Å². The highest BCUT2D eigenvalue weighted by molar-refractivity contribution is 5.93. The van der Waals surface area contributed by atoms with Crippen molar-refractivity contribution >= 4 is 11.6 Å². The van der Waals surface area contributed by atoms with E-state index >= 15 is 0 Å². The van der Waals surface area contributed by atoms with Crippen molar-refractivity contribution in [1.29, 1.82) is 0 Å². The quantitative estimate of drug-likeness (QED) is 0.673. The lowest BCUT2D eigenvalue weighted by molar-refractivity contribution is -0.115. The molecule has 2 aromatic carbocycles. The Labute approximate surface area is 153 Å². The molecule has 140 valence electrons. The summed E-state index contributed by atoms with van der Waals surface area (Å²) in [7, 11) is 1.51. The number of ether oxygens (including phenoxy) is 2. The maximum atomic E-state index is 12.3. The largest absolute Gasteiger partial charge is 0.496 e. The van der Waals surface area contributed by atoms with E-state index in [1.54, 1.807) is 36.5 Å². The van der Waals surface area contributed by atoms with E-state index in [1.807, 2.05) is 0 Å². The molecule has 1 N–H and O–H groups in total. The summed E-state index contributed by atoms with van der Waals surface area (Å²) in [6, 6.07) is 11.1. The predicted octanol–water partition coefficient (Wildman–Crippen LogP) is 4.13. The highest BCUT2D eigenvalue weighted by atomic mass is 19.3. The van der Waals surface area contributed by atoms with Gasteiger partial charge in [0.2, 0.25) is 5.91 Å². The molecule has 0 radical (unpaired) electrons. The van der Waals surface area contributed by atoms with E-state index in [0.29, 0.717) is 28.3 Å². The van der Waals surface area contributed by atoms with Gasteiger partial charge in [0, 0.05) is 11.8 Å². The third-order valence-electron chi connectivity index (χ3n) is 3.67. The van der Waals surface area contributed by atoms with Crippen LogP contribution in [0.2, 0.25) is 0 Å². The summed E-state index contributed by atoms with van der Waals surface area (Å²) in [5.41, 5.74) is 1.78. The van der Waals surface area contributed by atoms with Crippen molar-refractivity contribution in [3.63, 3.8) is 0 Å². The van der Waals surface area contributed by atoms with Crippen LogP contribution in [0.25, 0.3) is 11.3 Å². The molecule has 3 rings (SSSR count). The second kappa shape index (κ2) is 8.31. The first-order chi connectivity index (χ1) is 13.0. The number of aromatic nitrogens is 1. The van der Waals surface area contributed by atoms with Crippen LogP contribution in [0.15, 0.2) is 59.5 Å². The van der Waals surface area contributed by atoms with E-state index in [2.05, 4.69) is 15.0 Å². The molecule has 6 nitrogen and oxygen atoms in total. The number of amides is 1. The second-order valence-corrected chi connectivity index (χ2v) is 5.53. The lowest BCUT2D eigenvalue weighted by Gasteiger charge is -2.11. The number of rotatable bonds is 7. The number of alkyl halides is 2. The molecule has 0 spiro atoms. The van der Waals surface area contributed by atoms with E-state index in [0.717, 1.165) is 0 Å². The molecule has 0 aliphatic heterocycles. The Bertz CT molecular complexity index is 914. The molecule has 1 amide bonds. The fourth-order valence-electron chi connectivity index (χ4n) is 2.54. The Balaban J connectivity index is 1.69. The molecule has 0 fully saturated rings. The van der Waals surface area contributed by atoms with Crippen LogP contribution in [0, 0.1) is 0 Å². The van der Waals surface area contributed by atoms with Gasteiger partial charge >= 0.3 is 6.61 Å². The topological polar surface area (TPSA) is 73.6 Å². The van der Waals surface area contributed by atoms with Gasteiger partial charge in [0.05, 0.1) is 25.3 Å². The molecule has 1 heterocycles. The van der Waals surface area contributed by atoms with E-state index in [-0.39, 0.29) is 18.1 Å². The molecular formula is C19H16F2N2O4. The first kappa shape index (κ1) is 18.4. The van der Waals surface area contributed by atoms with Gasteiger partial charge in [-0.1, -0.05) is 12.1 Å². The number of oxazole rings is 1. The molecule has 0 aliphatic carbocycles. The normalized spacial score (nSPS) is 10.7. The molecule has 0 bridgehead atoms. The Hall–Kier alpha value is -3.42. The van der Waals surface area contributed by atoms with Gasteiger partial charge < -0.3 is 19.2 Å². The summed E-state index contributed by atoms with van der Waals surface area (Å²) in [5.74, 6) is 0.754. The molecule has 0 aliphatic rings. The van der Waals surface area contributed by atoms with Crippen molar-refractivity contribution in [2.45, 2.75) is 13.0 Å². The van der Waals surface area contributed by atoms with Gasteiger partial charge in [0.15, 0.2) is 12.2 Å². The number of hydrogen-bond acceptors (Lipinski definition) is 5. The maximum Gasteiger partial charge on any atom is 0.387 e. The third kappa shape index (κ3) is 4.81. The van der Waals surface area contributed by atoms with E-state index in [9.17, 15) is 13.6 Å². The lowest BCUT2D eigenvalue weighted by atomic mass is 10.1. The van der Waals surface area contributed by atoms with Crippen LogP contribution < -0.4 is 14.8 Å². The molecule has 8 heteroatoms. The van der Waals surface area contributed by atoms with Crippen LogP contribution in [0.3, 0.4) is 0 Å². The number of nitrogens with zero attached hydrogens (tertiary/aromatic N) is 1. The Morgan fingerprint density at radius 1 is 1.26 bits per heavy atom. The van der Waals surface area contributed by atoms with Gasteiger partial charge in [-0.05, 0) is 29.8 Å². The van der Waals surface area contributed by atoms with Gasteiger partial charge in [-0.3, -0.25) is 4.79 Å². The fraction of sp³-hybridized carbons (Fsp3) is 0.158. The first-order valence-corrected chi connectivity index (χ1v) is 7.95. The molecule has 0 saturated carbocycles. The lowest BCUT2D eigenvalue weighted by Crippen LogP contribution is -2.14. The highest BCUT2D eigenvalue weighted by Crippen LogP contribution is 2.32. The monoisotopic (exact) mass is 374 g/mol. The summed E-state index contributed by atoms with van der Waals surface area (Å²) in [6.07, 6.45) is 2.88. The average Bonchev–Trinajstić information content (AvgIpc) is 3.15. The zero-order valence-corrected chi connectivity index (χ0v) is 14.3. The molecule has 0 saturated heterocycles. The van der Waals surface area contributed by atoms with Crippen molar-refractivity contribution in [2.24, 2.45) is 0 Å². The minimum atomic E-state index is -2.91. The third-order valence-corrected chi connectivity index (χ3v) is 3.67. The smallest absolute Gasteiger partial charge is 0.387 e. The van der Waals surface area contributed by atoms with Crippen molar-refractivity contribution in [3.8, 4) is 22.8 Å². The number of anilines is 1. The number of hydrogen-bond donors (Lipinski definition) is 1. The van der Waals surface area contributed by atoms with E-state index in [1.165, 1.54) is 25.6 Å². The number of carbonyl (C=O) groups is 1. The average molecular weight is 374 g/mol. The SMILES string of the molecule is COc1cc(NC(=O)Cc2cccc(OC(F)F)c2)ccc1-c1cnco1. The Kier molecular flexibility index (Phi) is 5.65. The number of benzene rings is 2. The van der Waals surface area contributed by atoms with Gasteiger partial charge in [-0.25, -0.2) is 4.98 Å². The van der Waals surface area contributed by atoms with Gasteiger partial charge in [0.1, 0.15) is 11.5 Å². The standard InChI is InChI=1S/C19H16F2N2O4/c1-25-16-9-13(5-6-15(16)17-10-22-11-26-17)23-18(24)8-12-3-2-4-14(7-12)27-19(20)21/h2-7,9-11,19H,8H2,1H3,(H,23,24).